The average Bonchev–Trinajstić information content (AvgIpc) is 2.62. The number of hydrogen-bond acceptors (Lipinski definition) is 1. The van der Waals surface area contributed by atoms with Gasteiger partial charge in [0.1, 0.15) is 11.6 Å². The maximum atomic E-state index is 13.2. The topological polar surface area (TPSA) is 20.3 Å². The molecule has 0 bridgehead atoms. The molecule has 2 aromatic carbocycles. The average molecular weight is 341 g/mol. The minimum atomic E-state index is -0.291. The molecule has 1 fully saturated rings. The van der Waals surface area contributed by atoms with Crippen molar-refractivity contribution in [2.24, 2.45) is 0 Å². The zero-order valence-electron chi connectivity index (χ0n) is 14.1. The molecule has 0 saturated carbocycles. The highest BCUT2D eigenvalue weighted by Gasteiger charge is 2.17. The van der Waals surface area contributed by atoms with E-state index >= 15 is 0 Å². The standard InChI is InChI=1S/C21H21F2NO/c22-18-10-6-16(7-11-18)20(17-8-12-19(23)13-9-17)4-3-15-24-14-2-1-5-21(24)25/h4,6-13H,1-3,5,14-15H2. The van der Waals surface area contributed by atoms with Crippen molar-refractivity contribution in [3.63, 3.8) is 0 Å². The Morgan fingerprint density at radius 3 is 2.00 bits per heavy atom. The number of hydrogen-bond donors (Lipinski definition) is 0. The third-order valence-corrected chi connectivity index (χ3v) is 4.48. The number of piperidine rings is 1. The van der Waals surface area contributed by atoms with Crippen LogP contribution in [0.2, 0.25) is 0 Å². The zero-order chi connectivity index (χ0) is 17.6. The lowest BCUT2D eigenvalue weighted by Gasteiger charge is -2.26. The second-order valence-corrected chi connectivity index (χ2v) is 6.26. The van der Waals surface area contributed by atoms with Crippen LogP contribution in [0.3, 0.4) is 0 Å². The number of carbonyl (C=O) groups is 1. The summed E-state index contributed by atoms with van der Waals surface area (Å²) in [6.07, 6.45) is 5.41. The van der Waals surface area contributed by atoms with Crippen molar-refractivity contribution >= 4 is 11.5 Å². The van der Waals surface area contributed by atoms with E-state index in [-0.39, 0.29) is 17.5 Å². The molecule has 0 unspecified atom stereocenters. The van der Waals surface area contributed by atoms with Crippen molar-refractivity contribution < 1.29 is 13.6 Å². The second-order valence-electron chi connectivity index (χ2n) is 6.26. The Balaban J connectivity index is 1.81. The Labute approximate surface area is 146 Å². The van der Waals surface area contributed by atoms with E-state index in [0.29, 0.717) is 19.4 Å². The summed E-state index contributed by atoms with van der Waals surface area (Å²) in [6.45, 7) is 1.49. The Morgan fingerprint density at radius 1 is 0.920 bits per heavy atom. The van der Waals surface area contributed by atoms with E-state index in [2.05, 4.69) is 0 Å². The molecule has 3 rings (SSSR count). The molecule has 1 aliphatic rings. The van der Waals surface area contributed by atoms with Crippen LogP contribution < -0.4 is 0 Å². The predicted octanol–water partition coefficient (Wildman–Crippen LogP) is 4.80. The van der Waals surface area contributed by atoms with Gasteiger partial charge in [-0.05, 0) is 60.2 Å². The van der Waals surface area contributed by atoms with Crippen LogP contribution in [0.15, 0.2) is 54.6 Å². The predicted molar refractivity (Wildman–Crippen MR) is 94.9 cm³/mol. The summed E-state index contributed by atoms with van der Waals surface area (Å²) in [5, 5.41) is 0. The van der Waals surface area contributed by atoms with Gasteiger partial charge in [-0.25, -0.2) is 8.78 Å². The number of halogens is 2. The molecule has 0 radical (unpaired) electrons. The molecule has 0 aromatic heterocycles. The van der Waals surface area contributed by atoms with E-state index in [1.54, 1.807) is 24.3 Å². The maximum absolute atomic E-state index is 13.2. The summed E-state index contributed by atoms with van der Waals surface area (Å²) >= 11 is 0. The summed E-state index contributed by atoms with van der Waals surface area (Å²) in [7, 11) is 0. The van der Waals surface area contributed by atoms with Crippen molar-refractivity contribution in [1.29, 1.82) is 0 Å². The second kappa shape index (κ2) is 8.06. The van der Waals surface area contributed by atoms with Gasteiger partial charge in [0, 0.05) is 19.5 Å². The van der Waals surface area contributed by atoms with Gasteiger partial charge in [-0.2, -0.15) is 0 Å². The molecule has 4 heteroatoms. The highest BCUT2D eigenvalue weighted by molar-refractivity contribution is 5.80. The molecule has 25 heavy (non-hydrogen) atoms. The van der Waals surface area contributed by atoms with Crippen LogP contribution in [-0.2, 0) is 4.79 Å². The van der Waals surface area contributed by atoms with E-state index in [1.165, 1.54) is 24.3 Å². The minimum Gasteiger partial charge on any atom is -0.342 e. The van der Waals surface area contributed by atoms with Crippen LogP contribution in [0.5, 0.6) is 0 Å². The van der Waals surface area contributed by atoms with Gasteiger partial charge < -0.3 is 4.90 Å². The SMILES string of the molecule is O=C1CCCCN1CCC=C(c1ccc(F)cc1)c1ccc(F)cc1. The van der Waals surface area contributed by atoms with Crippen molar-refractivity contribution in [2.75, 3.05) is 13.1 Å². The number of rotatable bonds is 5. The van der Waals surface area contributed by atoms with Crippen LogP contribution in [0, 0.1) is 11.6 Å². The Hall–Kier alpha value is -2.49. The smallest absolute Gasteiger partial charge is 0.222 e. The first kappa shape index (κ1) is 17.3. The Morgan fingerprint density at radius 2 is 1.48 bits per heavy atom. The van der Waals surface area contributed by atoms with Gasteiger partial charge in [-0.15, -0.1) is 0 Å². The molecule has 2 nitrogen and oxygen atoms in total. The molecule has 2 aromatic rings. The van der Waals surface area contributed by atoms with E-state index < -0.39 is 0 Å². The largest absolute Gasteiger partial charge is 0.342 e. The van der Waals surface area contributed by atoms with Crippen molar-refractivity contribution in [3.8, 4) is 0 Å². The normalized spacial score (nSPS) is 14.5. The highest BCUT2D eigenvalue weighted by Crippen LogP contribution is 2.25. The number of nitrogens with zero attached hydrogens (tertiary/aromatic N) is 1. The van der Waals surface area contributed by atoms with Crippen molar-refractivity contribution in [3.05, 3.63) is 77.4 Å². The highest BCUT2D eigenvalue weighted by atomic mass is 19.1. The quantitative estimate of drug-likeness (QED) is 0.765. The van der Waals surface area contributed by atoms with Crippen LogP contribution >= 0.6 is 0 Å². The van der Waals surface area contributed by atoms with Crippen LogP contribution in [0.25, 0.3) is 5.57 Å². The summed E-state index contributed by atoms with van der Waals surface area (Å²) < 4.78 is 26.5. The van der Waals surface area contributed by atoms with Crippen molar-refractivity contribution in [1.82, 2.24) is 4.90 Å². The molecule has 1 aliphatic heterocycles. The van der Waals surface area contributed by atoms with E-state index in [9.17, 15) is 13.6 Å². The van der Waals surface area contributed by atoms with Crippen molar-refractivity contribution in [2.45, 2.75) is 25.7 Å². The maximum Gasteiger partial charge on any atom is 0.222 e. The lowest BCUT2D eigenvalue weighted by atomic mass is 9.96. The van der Waals surface area contributed by atoms with E-state index in [4.69, 9.17) is 0 Å². The fourth-order valence-electron chi connectivity index (χ4n) is 3.12. The third-order valence-electron chi connectivity index (χ3n) is 4.48. The molecule has 0 spiro atoms. The molecule has 0 N–H and O–H groups in total. The fourth-order valence-corrected chi connectivity index (χ4v) is 3.12. The summed E-state index contributed by atoms with van der Waals surface area (Å²) in [6, 6.07) is 12.5. The lowest BCUT2D eigenvalue weighted by molar-refractivity contribution is -0.133. The first-order chi connectivity index (χ1) is 12.1. The number of amides is 1. The van der Waals surface area contributed by atoms with E-state index in [0.717, 1.165) is 36.1 Å². The molecule has 0 aliphatic carbocycles. The van der Waals surface area contributed by atoms with Gasteiger partial charge in [-0.1, -0.05) is 30.3 Å². The molecule has 1 heterocycles. The molecule has 1 amide bonds. The number of likely N-dealkylation sites (tertiary alicyclic amines) is 1. The fraction of sp³-hybridized carbons (Fsp3) is 0.286. The first-order valence-corrected chi connectivity index (χ1v) is 8.63. The molecule has 1 saturated heterocycles. The Kier molecular flexibility index (Phi) is 5.59. The molecule has 0 atom stereocenters. The molecular weight excluding hydrogens is 320 g/mol. The summed E-state index contributed by atoms with van der Waals surface area (Å²) in [5.41, 5.74) is 2.67. The number of benzene rings is 2. The van der Waals surface area contributed by atoms with Gasteiger partial charge >= 0.3 is 0 Å². The van der Waals surface area contributed by atoms with Gasteiger partial charge in [0.2, 0.25) is 5.91 Å². The van der Waals surface area contributed by atoms with Gasteiger partial charge in [-0.3, -0.25) is 4.79 Å². The summed E-state index contributed by atoms with van der Waals surface area (Å²) in [4.78, 5) is 13.8. The molecular formula is C21H21F2NO. The van der Waals surface area contributed by atoms with Gasteiger partial charge in [0.25, 0.3) is 0 Å². The lowest BCUT2D eigenvalue weighted by Crippen LogP contribution is -2.35. The van der Waals surface area contributed by atoms with Gasteiger partial charge in [0.15, 0.2) is 0 Å². The monoisotopic (exact) mass is 341 g/mol. The number of carbonyl (C=O) groups excluding carboxylic acids is 1. The first-order valence-electron chi connectivity index (χ1n) is 8.63. The van der Waals surface area contributed by atoms with Crippen LogP contribution in [0.1, 0.15) is 36.8 Å². The van der Waals surface area contributed by atoms with Crippen LogP contribution in [-0.4, -0.2) is 23.9 Å². The molecule has 130 valence electrons. The van der Waals surface area contributed by atoms with E-state index in [1.807, 2.05) is 11.0 Å². The Bertz CT molecular complexity index is 703. The summed E-state index contributed by atoms with van der Waals surface area (Å²) in [5.74, 6) is -0.369. The zero-order valence-corrected chi connectivity index (χ0v) is 14.1. The van der Waals surface area contributed by atoms with Crippen LogP contribution in [0.4, 0.5) is 8.78 Å². The van der Waals surface area contributed by atoms with Gasteiger partial charge in [0.05, 0.1) is 0 Å². The minimum absolute atomic E-state index is 0.213. The third kappa shape index (κ3) is 4.53.